The number of hydrogen-bond donors (Lipinski definition) is 2. The van der Waals surface area contributed by atoms with Gasteiger partial charge in [-0.2, -0.15) is 0 Å². The summed E-state index contributed by atoms with van der Waals surface area (Å²) in [5.74, 6) is 0.199. The van der Waals surface area contributed by atoms with Crippen molar-refractivity contribution < 1.29 is 9.59 Å². The number of fused-ring (bicyclic) bond motifs is 1. The van der Waals surface area contributed by atoms with Crippen molar-refractivity contribution in [2.45, 2.75) is 50.1 Å². The fraction of sp³-hybridized carbons (Fsp3) is 0.364. The Morgan fingerprint density at radius 3 is 2.67 bits per heavy atom. The molecule has 4 nitrogen and oxygen atoms in total. The molecule has 0 radical (unpaired) electrons. The molecule has 27 heavy (non-hydrogen) atoms. The maximum absolute atomic E-state index is 12.9. The molecule has 0 spiro atoms. The molecule has 1 aliphatic carbocycles. The summed E-state index contributed by atoms with van der Waals surface area (Å²) >= 11 is 1.40. The Labute approximate surface area is 165 Å². The van der Waals surface area contributed by atoms with Gasteiger partial charge < -0.3 is 10.6 Å². The lowest BCUT2D eigenvalue weighted by Crippen LogP contribution is -2.32. The second-order valence-corrected chi connectivity index (χ2v) is 8.14. The zero-order chi connectivity index (χ0) is 19.2. The average Bonchev–Trinajstić information content (AvgIpc) is 2.66. The van der Waals surface area contributed by atoms with Crippen molar-refractivity contribution in [1.29, 1.82) is 0 Å². The number of carbonyl (C=O) groups is 2. The number of benzene rings is 2. The van der Waals surface area contributed by atoms with Crippen LogP contribution in [0.15, 0.2) is 53.4 Å². The van der Waals surface area contributed by atoms with Crippen LogP contribution < -0.4 is 10.6 Å². The molecule has 0 saturated heterocycles. The highest BCUT2D eigenvalue weighted by molar-refractivity contribution is 8.00. The molecule has 0 saturated carbocycles. The quantitative estimate of drug-likeness (QED) is 0.739. The Balaban J connectivity index is 1.70. The summed E-state index contributed by atoms with van der Waals surface area (Å²) in [5, 5.41) is 6.08. The summed E-state index contributed by atoms with van der Waals surface area (Å²) in [6, 6.07) is 16.0. The molecule has 2 amide bonds. The lowest BCUT2D eigenvalue weighted by atomic mass is 9.87. The molecule has 0 aliphatic heterocycles. The second-order valence-electron chi connectivity index (χ2n) is 7.12. The molecule has 0 bridgehead atoms. The minimum Gasteiger partial charge on any atom is -0.353 e. The van der Waals surface area contributed by atoms with Gasteiger partial charge in [0.15, 0.2) is 0 Å². The van der Waals surface area contributed by atoms with Crippen molar-refractivity contribution in [3.8, 4) is 0 Å². The van der Waals surface area contributed by atoms with E-state index in [1.54, 1.807) is 0 Å². The van der Waals surface area contributed by atoms with E-state index in [9.17, 15) is 9.59 Å². The third-order valence-electron chi connectivity index (χ3n) is 4.61. The molecule has 1 atom stereocenters. The Morgan fingerprint density at radius 1 is 1.11 bits per heavy atom. The minimum absolute atomic E-state index is 0.0218. The molecule has 0 unspecified atom stereocenters. The number of hydrogen-bond acceptors (Lipinski definition) is 3. The zero-order valence-electron chi connectivity index (χ0n) is 15.8. The van der Waals surface area contributed by atoms with Crippen molar-refractivity contribution in [3.05, 3.63) is 65.2 Å². The first kappa shape index (κ1) is 19.5. The van der Waals surface area contributed by atoms with Gasteiger partial charge in [-0.15, -0.1) is 11.8 Å². The van der Waals surface area contributed by atoms with Crippen LogP contribution in [0.3, 0.4) is 0 Å². The average molecular weight is 383 g/mol. The molecule has 2 N–H and O–H groups in total. The van der Waals surface area contributed by atoms with Crippen LogP contribution >= 0.6 is 11.8 Å². The smallest absolute Gasteiger partial charge is 0.252 e. The normalized spacial score (nSPS) is 15.9. The Bertz CT molecular complexity index is 819. The zero-order valence-corrected chi connectivity index (χ0v) is 16.6. The van der Waals surface area contributed by atoms with Gasteiger partial charge in [0.2, 0.25) is 5.91 Å². The maximum atomic E-state index is 12.9. The molecule has 2 aromatic rings. The summed E-state index contributed by atoms with van der Waals surface area (Å²) in [6.45, 7) is 3.87. The van der Waals surface area contributed by atoms with E-state index in [-0.39, 0.29) is 23.9 Å². The van der Waals surface area contributed by atoms with E-state index in [0.29, 0.717) is 11.3 Å². The van der Waals surface area contributed by atoms with Crippen LogP contribution in [0.5, 0.6) is 0 Å². The number of amides is 2. The number of rotatable bonds is 6. The third-order valence-corrected chi connectivity index (χ3v) is 5.69. The van der Waals surface area contributed by atoms with Crippen LogP contribution in [0.1, 0.15) is 54.2 Å². The highest BCUT2D eigenvalue weighted by Crippen LogP contribution is 2.30. The first-order chi connectivity index (χ1) is 13.0. The van der Waals surface area contributed by atoms with Gasteiger partial charge in [-0.05, 0) is 56.4 Å². The van der Waals surface area contributed by atoms with E-state index in [2.05, 4.69) is 28.8 Å². The molecule has 0 aromatic heterocycles. The van der Waals surface area contributed by atoms with Gasteiger partial charge >= 0.3 is 0 Å². The molecule has 0 fully saturated rings. The highest BCUT2D eigenvalue weighted by Gasteiger charge is 2.23. The van der Waals surface area contributed by atoms with Gasteiger partial charge in [0.1, 0.15) is 0 Å². The third kappa shape index (κ3) is 5.13. The van der Waals surface area contributed by atoms with Crippen molar-refractivity contribution in [3.63, 3.8) is 0 Å². The molecule has 1 aliphatic rings. The van der Waals surface area contributed by atoms with E-state index < -0.39 is 0 Å². The van der Waals surface area contributed by atoms with Crippen molar-refractivity contribution in [2.75, 3.05) is 5.75 Å². The first-order valence-corrected chi connectivity index (χ1v) is 10.4. The summed E-state index contributed by atoms with van der Waals surface area (Å²) in [6.07, 6.45) is 3.10. The Hall–Kier alpha value is -2.27. The van der Waals surface area contributed by atoms with Crippen molar-refractivity contribution in [1.82, 2.24) is 10.6 Å². The van der Waals surface area contributed by atoms with Crippen LogP contribution in [-0.2, 0) is 11.2 Å². The van der Waals surface area contributed by atoms with E-state index in [4.69, 9.17) is 0 Å². The van der Waals surface area contributed by atoms with E-state index >= 15 is 0 Å². The summed E-state index contributed by atoms with van der Waals surface area (Å²) < 4.78 is 0. The number of nitrogens with one attached hydrogen (secondary N) is 2. The summed E-state index contributed by atoms with van der Waals surface area (Å²) in [5.41, 5.74) is 3.17. The maximum Gasteiger partial charge on any atom is 0.252 e. The summed E-state index contributed by atoms with van der Waals surface area (Å²) in [7, 11) is 0. The van der Waals surface area contributed by atoms with Gasteiger partial charge in [-0.3, -0.25) is 9.59 Å². The number of aryl methyl sites for hydroxylation is 1. The first-order valence-electron chi connectivity index (χ1n) is 9.44. The van der Waals surface area contributed by atoms with Gasteiger partial charge in [0.05, 0.1) is 17.4 Å². The highest BCUT2D eigenvalue weighted by atomic mass is 32.2. The number of carbonyl (C=O) groups excluding carboxylic acids is 2. The lowest BCUT2D eigenvalue weighted by molar-refractivity contribution is -0.119. The molecule has 142 valence electrons. The van der Waals surface area contributed by atoms with E-state index in [1.807, 2.05) is 44.2 Å². The Morgan fingerprint density at radius 2 is 1.85 bits per heavy atom. The van der Waals surface area contributed by atoms with Crippen LogP contribution in [0.2, 0.25) is 0 Å². The largest absolute Gasteiger partial charge is 0.353 e. The van der Waals surface area contributed by atoms with Gasteiger partial charge in [0, 0.05) is 10.9 Å². The van der Waals surface area contributed by atoms with Crippen LogP contribution in [-0.4, -0.2) is 23.6 Å². The van der Waals surface area contributed by atoms with E-state index in [1.165, 1.54) is 22.9 Å². The van der Waals surface area contributed by atoms with Gasteiger partial charge in [-0.25, -0.2) is 0 Å². The fourth-order valence-electron chi connectivity index (χ4n) is 3.43. The number of thioether (sulfide) groups is 1. The SMILES string of the molecule is CC(C)NC(=O)CSc1ccccc1C(=O)N[C@H]1CCCc2ccccc21. The molecular weight excluding hydrogens is 356 g/mol. The van der Waals surface area contributed by atoms with E-state index in [0.717, 1.165) is 24.2 Å². The summed E-state index contributed by atoms with van der Waals surface area (Å²) in [4.78, 5) is 25.7. The predicted octanol–water partition coefficient (Wildman–Crippen LogP) is 4.11. The Kier molecular flexibility index (Phi) is 6.56. The van der Waals surface area contributed by atoms with Crippen molar-refractivity contribution >= 4 is 23.6 Å². The molecule has 5 heteroatoms. The topological polar surface area (TPSA) is 58.2 Å². The van der Waals surface area contributed by atoms with Gasteiger partial charge in [0.25, 0.3) is 5.91 Å². The van der Waals surface area contributed by atoms with Crippen molar-refractivity contribution in [2.24, 2.45) is 0 Å². The molecule has 2 aromatic carbocycles. The fourth-order valence-corrected chi connectivity index (χ4v) is 4.29. The minimum atomic E-state index is -0.0796. The standard InChI is InChI=1S/C22H26N2O2S/c1-15(2)23-21(25)14-27-20-13-6-5-11-18(20)22(26)24-19-12-7-9-16-8-3-4-10-17(16)19/h3-6,8,10-11,13,15,19H,7,9,12,14H2,1-2H3,(H,23,25)(H,24,26)/t19-/m0/s1. The lowest BCUT2D eigenvalue weighted by Gasteiger charge is -2.26. The van der Waals surface area contributed by atoms with Crippen LogP contribution in [0.4, 0.5) is 0 Å². The van der Waals surface area contributed by atoms with Crippen LogP contribution in [0, 0.1) is 0 Å². The monoisotopic (exact) mass is 382 g/mol. The molecule has 3 rings (SSSR count). The van der Waals surface area contributed by atoms with Crippen LogP contribution in [0.25, 0.3) is 0 Å². The van der Waals surface area contributed by atoms with Gasteiger partial charge in [-0.1, -0.05) is 36.4 Å². The predicted molar refractivity (Wildman–Crippen MR) is 110 cm³/mol. The molecular formula is C22H26N2O2S. The molecule has 0 heterocycles. The second kappa shape index (κ2) is 9.09.